The molecule has 0 radical (unpaired) electrons. The first-order valence-corrected chi connectivity index (χ1v) is 6.00. The molecular weight excluding hydrogens is 216 g/mol. The molecule has 0 aliphatic carbocycles. The number of hydrogen-bond acceptors (Lipinski definition) is 4. The molecule has 5 nitrogen and oxygen atoms in total. The van der Waals surface area contributed by atoms with Crippen LogP contribution in [0.15, 0.2) is 29.2 Å². The molecule has 1 N–H and O–H groups in total. The van der Waals surface area contributed by atoms with Gasteiger partial charge in [-0.2, -0.15) is 0 Å². The fraction of sp³-hybridized carbons (Fsp3) is 0.500. The Morgan fingerprint density at radius 3 is 3.00 bits per heavy atom. The standard InChI is InChI=1S/C12H18N4O/c1-3-6-16-11(8-14-15-16)12(13-4-2)10-5-7-17-9-10/h5,7-9,12-13H,3-4,6H2,1-2H3. The highest BCUT2D eigenvalue weighted by molar-refractivity contribution is 5.22. The van der Waals surface area contributed by atoms with E-state index >= 15 is 0 Å². The molecule has 0 aliphatic heterocycles. The highest BCUT2D eigenvalue weighted by Crippen LogP contribution is 2.21. The second-order valence-electron chi connectivity index (χ2n) is 3.93. The molecule has 17 heavy (non-hydrogen) atoms. The van der Waals surface area contributed by atoms with Crippen LogP contribution in [0, 0.1) is 0 Å². The van der Waals surface area contributed by atoms with Gasteiger partial charge in [-0.15, -0.1) is 5.10 Å². The van der Waals surface area contributed by atoms with Crippen molar-refractivity contribution in [3.8, 4) is 0 Å². The lowest BCUT2D eigenvalue weighted by Crippen LogP contribution is -2.24. The van der Waals surface area contributed by atoms with Gasteiger partial charge in [0.25, 0.3) is 0 Å². The van der Waals surface area contributed by atoms with Crippen LogP contribution in [0.1, 0.15) is 37.6 Å². The third-order valence-electron chi connectivity index (χ3n) is 2.66. The summed E-state index contributed by atoms with van der Waals surface area (Å²) in [4.78, 5) is 0. The van der Waals surface area contributed by atoms with E-state index in [1.54, 1.807) is 12.5 Å². The molecule has 1 unspecified atom stereocenters. The zero-order valence-electron chi connectivity index (χ0n) is 10.3. The summed E-state index contributed by atoms with van der Waals surface area (Å²) in [6, 6.07) is 2.07. The number of nitrogens with one attached hydrogen (secondary N) is 1. The van der Waals surface area contributed by atoms with Crippen molar-refractivity contribution in [1.29, 1.82) is 0 Å². The average Bonchev–Trinajstić information content (AvgIpc) is 2.97. The highest BCUT2D eigenvalue weighted by atomic mass is 16.3. The van der Waals surface area contributed by atoms with E-state index in [4.69, 9.17) is 4.42 Å². The molecule has 2 rings (SSSR count). The second-order valence-corrected chi connectivity index (χ2v) is 3.93. The van der Waals surface area contributed by atoms with Gasteiger partial charge in [-0.3, -0.25) is 0 Å². The Balaban J connectivity index is 2.29. The molecule has 1 atom stereocenters. The number of rotatable bonds is 6. The Labute approximate surface area is 101 Å². The minimum Gasteiger partial charge on any atom is -0.472 e. The monoisotopic (exact) mass is 234 g/mol. The molecule has 5 heteroatoms. The number of furan rings is 1. The number of nitrogens with zero attached hydrogens (tertiary/aromatic N) is 3. The van der Waals surface area contributed by atoms with E-state index in [1.807, 2.05) is 16.9 Å². The molecule has 0 saturated heterocycles. The SMILES string of the molecule is CCCn1nncc1C(NCC)c1ccoc1. The van der Waals surface area contributed by atoms with Gasteiger partial charge >= 0.3 is 0 Å². The summed E-state index contributed by atoms with van der Waals surface area (Å²) in [5.74, 6) is 0. The molecule has 2 aromatic heterocycles. The maximum atomic E-state index is 5.15. The molecule has 0 aromatic carbocycles. The fourth-order valence-corrected chi connectivity index (χ4v) is 1.91. The molecule has 2 aromatic rings. The predicted octanol–water partition coefficient (Wildman–Crippen LogP) is 1.98. The van der Waals surface area contributed by atoms with E-state index in [0.29, 0.717) is 0 Å². The molecule has 0 bridgehead atoms. The Morgan fingerprint density at radius 1 is 1.47 bits per heavy atom. The van der Waals surface area contributed by atoms with Gasteiger partial charge in [-0.05, 0) is 19.0 Å². The summed E-state index contributed by atoms with van der Waals surface area (Å²) < 4.78 is 7.09. The number of hydrogen-bond donors (Lipinski definition) is 1. The number of aromatic nitrogens is 3. The van der Waals surface area contributed by atoms with Crippen LogP contribution in [0.5, 0.6) is 0 Å². The van der Waals surface area contributed by atoms with Gasteiger partial charge in [0.15, 0.2) is 0 Å². The van der Waals surface area contributed by atoms with Gasteiger partial charge in [0.2, 0.25) is 0 Å². The normalized spacial score (nSPS) is 12.8. The van der Waals surface area contributed by atoms with Crippen LogP contribution in [0.4, 0.5) is 0 Å². The van der Waals surface area contributed by atoms with Crippen molar-refractivity contribution in [3.05, 3.63) is 36.0 Å². The van der Waals surface area contributed by atoms with Gasteiger partial charge in [0.1, 0.15) is 0 Å². The van der Waals surface area contributed by atoms with Crippen molar-refractivity contribution < 1.29 is 4.42 Å². The lowest BCUT2D eigenvalue weighted by Gasteiger charge is -2.16. The maximum absolute atomic E-state index is 5.15. The summed E-state index contributed by atoms with van der Waals surface area (Å²) in [5, 5.41) is 11.5. The highest BCUT2D eigenvalue weighted by Gasteiger charge is 2.18. The molecular formula is C12H18N4O. The zero-order valence-corrected chi connectivity index (χ0v) is 10.3. The topological polar surface area (TPSA) is 55.9 Å². The van der Waals surface area contributed by atoms with Gasteiger partial charge in [0, 0.05) is 12.1 Å². The van der Waals surface area contributed by atoms with Crippen LogP contribution in [-0.2, 0) is 6.54 Å². The first-order chi connectivity index (χ1) is 8.36. The third kappa shape index (κ3) is 2.55. The van der Waals surface area contributed by atoms with Crippen LogP contribution in [0.25, 0.3) is 0 Å². The van der Waals surface area contributed by atoms with E-state index in [9.17, 15) is 0 Å². The fourth-order valence-electron chi connectivity index (χ4n) is 1.91. The predicted molar refractivity (Wildman–Crippen MR) is 64.5 cm³/mol. The maximum Gasteiger partial charge on any atom is 0.0954 e. The van der Waals surface area contributed by atoms with E-state index in [-0.39, 0.29) is 6.04 Å². The smallest absolute Gasteiger partial charge is 0.0954 e. The average molecular weight is 234 g/mol. The molecule has 0 fully saturated rings. The summed E-state index contributed by atoms with van der Waals surface area (Å²) in [6.07, 6.45) is 6.31. The van der Waals surface area contributed by atoms with E-state index in [2.05, 4.69) is 29.5 Å². The van der Waals surface area contributed by atoms with E-state index in [0.717, 1.165) is 30.8 Å². The summed E-state index contributed by atoms with van der Waals surface area (Å²) >= 11 is 0. The van der Waals surface area contributed by atoms with Crippen LogP contribution in [-0.4, -0.2) is 21.5 Å². The molecule has 92 valence electrons. The third-order valence-corrected chi connectivity index (χ3v) is 2.66. The zero-order chi connectivity index (χ0) is 12.1. The van der Waals surface area contributed by atoms with Crippen LogP contribution >= 0.6 is 0 Å². The molecule has 0 aliphatic rings. The summed E-state index contributed by atoms with van der Waals surface area (Å²) in [6.45, 7) is 5.98. The van der Waals surface area contributed by atoms with E-state index in [1.165, 1.54) is 0 Å². The minimum absolute atomic E-state index is 0.0975. The van der Waals surface area contributed by atoms with Crippen molar-refractivity contribution in [2.75, 3.05) is 6.54 Å². The van der Waals surface area contributed by atoms with Gasteiger partial charge in [-0.25, -0.2) is 4.68 Å². The van der Waals surface area contributed by atoms with Crippen molar-refractivity contribution in [3.63, 3.8) is 0 Å². The molecule has 0 amide bonds. The quantitative estimate of drug-likeness (QED) is 0.830. The van der Waals surface area contributed by atoms with Crippen molar-refractivity contribution in [2.24, 2.45) is 0 Å². The summed E-state index contributed by atoms with van der Waals surface area (Å²) in [7, 11) is 0. The Bertz CT molecular complexity index is 435. The lowest BCUT2D eigenvalue weighted by molar-refractivity contribution is 0.505. The first kappa shape index (κ1) is 11.9. The minimum atomic E-state index is 0.0975. The lowest BCUT2D eigenvalue weighted by atomic mass is 10.1. The largest absolute Gasteiger partial charge is 0.472 e. The van der Waals surface area contributed by atoms with Crippen molar-refractivity contribution in [2.45, 2.75) is 32.9 Å². The van der Waals surface area contributed by atoms with E-state index < -0.39 is 0 Å². The van der Waals surface area contributed by atoms with Crippen LogP contribution < -0.4 is 5.32 Å². The van der Waals surface area contributed by atoms with Crippen LogP contribution in [0.3, 0.4) is 0 Å². The number of aryl methyl sites for hydroxylation is 1. The van der Waals surface area contributed by atoms with Gasteiger partial charge < -0.3 is 9.73 Å². The molecule has 0 spiro atoms. The van der Waals surface area contributed by atoms with Crippen LogP contribution in [0.2, 0.25) is 0 Å². The van der Waals surface area contributed by atoms with Gasteiger partial charge in [-0.1, -0.05) is 19.1 Å². The van der Waals surface area contributed by atoms with Crippen molar-refractivity contribution in [1.82, 2.24) is 20.3 Å². The molecule has 0 saturated carbocycles. The van der Waals surface area contributed by atoms with Gasteiger partial charge in [0.05, 0.1) is 30.5 Å². The Hall–Kier alpha value is -1.62. The Morgan fingerprint density at radius 2 is 2.35 bits per heavy atom. The van der Waals surface area contributed by atoms with Crippen molar-refractivity contribution >= 4 is 0 Å². The molecule has 2 heterocycles. The second kappa shape index (κ2) is 5.63. The summed E-state index contributed by atoms with van der Waals surface area (Å²) in [5.41, 5.74) is 2.18. The first-order valence-electron chi connectivity index (χ1n) is 6.00. The Kier molecular flexibility index (Phi) is 3.93.